The highest BCUT2D eigenvalue weighted by atomic mass is 35.5. The molecule has 3 rings (SSSR count). The van der Waals surface area contributed by atoms with Crippen LogP contribution in [-0.4, -0.2) is 14.5 Å². The highest BCUT2D eigenvalue weighted by molar-refractivity contribution is 6.33. The molecule has 2 aromatic heterocycles. The second kappa shape index (κ2) is 4.38. The summed E-state index contributed by atoms with van der Waals surface area (Å²) in [5.74, 6) is -0.237. The van der Waals surface area contributed by atoms with Crippen molar-refractivity contribution in [2.45, 2.75) is 6.54 Å². The van der Waals surface area contributed by atoms with Gasteiger partial charge >= 0.3 is 0 Å². The van der Waals surface area contributed by atoms with Crippen LogP contribution in [0, 0.1) is 5.82 Å². The zero-order valence-corrected chi connectivity index (χ0v) is 10.1. The summed E-state index contributed by atoms with van der Waals surface area (Å²) in [5, 5.41) is 0.376. The maximum Gasteiger partial charge on any atom is 0.154 e. The molecule has 2 heterocycles. The van der Waals surface area contributed by atoms with Crippen molar-refractivity contribution >= 4 is 22.6 Å². The van der Waals surface area contributed by atoms with Gasteiger partial charge < -0.3 is 4.57 Å². The van der Waals surface area contributed by atoms with Gasteiger partial charge in [-0.3, -0.25) is 0 Å². The van der Waals surface area contributed by atoms with Crippen LogP contribution in [0.5, 0.6) is 0 Å². The van der Waals surface area contributed by atoms with E-state index < -0.39 is 0 Å². The molecule has 0 amide bonds. The third-order valence-corrected chi connectivity index (χ3v) is 3.06. The predicted octanol–water partition coefficient (Wildman–Crippen LogP) is 3.27. The molecule has 3 aromatic rings. The van der Waals surface area contributed by atoms with E-state index in [2.05, 4.69) is 9.97 Å². The van der Waals surface area contributed by atoms with Gasteiger partial charge in [-0.2, -0.15) is 0 Å². The first-order valence-corrected chi connectivity index (χ1v) is 5.82. The van der Waals surface area contributed by atoms with Crippen LogP contribution in [0.1, 0.15) is 5.56 Å². The summed E-state index contributed by atoms with van der Waals surface area (Å²) in [7, 11) is 0. The van der Waals surface area contributed by atoms with Crippen molar-refractivity contribution < 1.29 is 4.39 Å². The van der Waals surface area contributed by atoms with Gasteiger partial charge in [0, 0.05) is 11.8 Å². The third kappa shape index (κ3) is 1.84. The average Bonchev–Trinajstić information content (AvgIpc) is 2.77. The molecule has 90 valence electrons. The number of pyridine rings is 1. The molecule has 0 unspecified atom stereocenters. The van der Waals surface area contributed by atoms with Crippen molar-refractivity contribution in [2.24, 2.45) is 0 Å². The minimum absolute atomic E-state index is 0.237. The Morgan fingerprint density at radius 2 is 2.00 bits per heavy atom. The quantitative estimate of drug-likeness (QED) is 0.663. The van der Waals surface area contributed by atoms with Crippen LogP contribution in [0.4, 0.5) is 4.39 Å². The second-order valence-corrected chi connectivity index (χ2v) is 4.29. The average molecular weight is 262 g/mol. The molecular weight excluding hydrogens is 253 g/mol. The van der Waals surface area contributed by atoms with Gasteiger partial charge in [0.2, 0.25) is 0 Å². The maximum atomic E-state index is 13.6. The Hall–Kier alpha value is -1.94. The molecule has 0 aliphatic heterocycles. The van der Waals surface area contributed by atoms with Crippen molar-refractivity contribution in [1.29, 1.82) is 0 Å². The van der Waals surface area contributed by atoms with Gasteiger partial charge in [0.1, 0.15) is 11.3 Å². The molecule has 0 atom stereocenters. The number of aromatic nitrogens is 3. The number of fused-ring (bicyclic) bond motifs is 1. The molecule has 1 aromatic carbocycles. The fourth-order valence-corrected chi connectivity index (χ4v) is 2.17. The molecule has 0 aliphatic carbocycles. The molecule has 0 spiro atoms. The Labute approximate surface area is 108 Å². The van der Waals surface area contributed by atoms with Crippen molar-refractivity contribution in [3.63, 3.8) is 0 Å². The highest BCUT2D eigenvalue weighted by Crippen LogP contribution is 2.21. The van der Waals surface area contributed by atoms with E-state index >= 15 is 0 Å². The summed E-state index contributed by atoms with van der Waals surface area (Å²) in [5.41, 5.74) is 2.07. The second-order valence-electron chi connectivity index (χ2n) is 3.93. The Kier molecular flexibility index (Phi) is 2.72. The third-order valence-electron chi connectivity index (χ3n) is 2.78. The van der Waals surface area contributed by atoms with E-state index in [1.165, 1.54) is 6.07 Å². The van der Waals surface area contributed by atoms with Gasteiger partial charge in [-0.05, 0) is 12.1 Å². The lowest BCUT2D eigenvalue weighted by Gasteiger charge is -2.06. The fourth-order valence-electron chi connectivity index (χ4n) is 1.91. The maximum absolute atomic E-state index is 13.6. The summed E-state index contributed by atoms with van der Waals surface area (Å²) >= 11 is 6.04. The number of imidazole rings is 1. The normalized spacial score (nSPS) is 11.0. The molecule has 0 bridgehead atoms. The lowest BCUT2D eigenvalue weighted by atomic mass is 10.2. The van der Waals surface area contributed by atoms with Crippen molar-refractivity contribution in [3.8, 4) is 0 Å². The number of benzene rings is 1. The Balaban J connectivity index is 2.09. The van der Waals surface area contributed by atoms with Crippen LogP contribution in [0.2, 0.25) is 5.15 Å². The van der Waals surface area contributed by atoms with Gasteiger partial charge in [0.05, 0.1) is 18.4 Å². The van der Waals surface area contributed by atoms with Crippen LogP contribution < -0.4 is 0 Å². The van der Waals surface area contributed by atoms with E-state index in [-0.39, 0.29) is 5.82 Å². The number of nitrogens with zero attached hydrogens (tertiary/aromatic N) is 3. The number of rotatable bonds is 2. The first kappa shape index (κ1) is 11.2. The van der Waals surface area contributed by atoms with E-state index in [0.717, 1.165) is 11.0 Å². The molecule has 18 heavy (non-hydrogen) atoms. The minimum atomic E-state index is -0.237. The van der Waals surface area contributed by atoms with Crippen LogP contribution in [-0.2, 0) is 6.54 Å². The summed E-state index contributed by atoms with van der Waals surface area (Å²) in [4.78, 5) is 8.24. The van der Waals surface area contributed by atoms with Crippen LogP contribution >= 0.6 is 11.6 Å². The van der Waals surface area contributed by atoms with E-state index in [9.17, 15) is 4.39 Å². The highest BCUT2D eigenvalue weighted by Gasteiger charge is 2.09. The lowest BCUT2D eigenvalue weighted by Crippen LogP contribution is -2.01. The van der Waals surface area contributed by atoms with Crippen LogP contribution in [0.3, 0.4) is 0 Å². The van der Waals surface area contributed by atoms with Crippen LogP contribution in [0.15, 0.2) is 42.9 Å². The topological polar surface area (TPSA) is 30.7 Å². The molecule has 0 saturated heterocycles. The molecule has 5 heteroatoms. The molecule has 0 N–H and O–H groups in total. The van der Waals surface area contributed by atoms with Crippen LogP contribution in [0.25, 0.3) is 11.0 Å². The van der Waals surface area contributed by atoms with Gasteiger partial charge in [0.15, 0.2) is 5.15 Å². The van der Waals surface area contributed by atoms with Gasteiger partial charge in [-0.25, -0.2) is 14.4 Å². The van der Waals surface area contributed by atoms with E-state index in [1.807, 2.05) is 0 Å². The molecule has 0 aliphatic rings. The first-order valence-electron chi connectivity index (χ1n) is 5.44. The Morgan fingerprint density at radius 1 is 1.17 bits per heavy atom. The zero-order valence-electron chi connectivity index (χ0n) is 9.35. The largest absolute Gasteiger partial charge is 0.323 e. The van der Waals surface area contributed by atoms with Crippen molar-refractivity contribution in [3.05, 3.63) is 59.4 Å². The van der Waals surface area contributed by atoms with Crippen molar-refractivity contribution in [2.75, 3.05) is 0 Å². The number of halogens is 2. The monoisotopic (exact) mass is 261 g/mol. The zero-order chi connectivity index (χ0) is 12.5. The summed E-state index contributed by atoms with van der Waals surface area (Å²) in [6, 6.07) is 8.43. The molecule has 0 fully saturated rings. The van der Waals surface area contributed by atoms with Gasteiger partial charge in [0.25, 0.3) is 0 Å². The smallest absolute Gasteiger partial charge is 0.154 e. The Morgan fingerprint density at radius 3 is 2.83 bits per heavy atom. The first-order chi connectivity index (χ1) is 8.75. The van der Waals surface area contributed by atoms with Gasteiger partial charge in [-0.15, -0.1) is 0 Å². The molecule has 0 saturated carbocycles. The van der Waals surface area contributed by atoms with Crippen molar-refractivity contribution in [1.82, 2.24) is 14.5 Å². The fraction of sp³-hybridized carbons (Fsp3) is 0.0769. The predicted molar refractivity (Wildman–Crippen MR) is 68.0 cm³/mol. The standard InChI is InChI=1S/C13H9ClFN3/c14-13-12-11(5-6-16-13)17-8-18(12)7-9-3-1-2-4-10(9)15/h1-6,8H,7H2. The number of hydrogen-bond donors (Lipinski definition) is 0. The van der Waals surface area contributed by atoms with E-state index in [1.54, 1.807) is 41.4 Å². The van der Waals surface area contributed by atoms with E-state index in [0.29, 0.717) is 17.3 Å². The summed E-state index contributed by atoms with van der Waals surface area (Å²) in [6.45, 7) is 0.384. The number of hydrogen-bond acceptors (Lipinski definition) is 2. The lowest BCUT2D eigenvalue weighted by molar-refractivity contribution is 0.601. The van der Waals surface area contributed by atoms with Gasteiger partial charge in [-0.1, -0.05) is 29.8 Å². The molecule has 3 nitrogen and oxygen atoms in total. The molecule has 0 radical (unpaired) electrons. The Bertz CT molecular complexity index is 708. The minimum Gasteiger partial charge on any atom is -0.323 e. The van der Waals surface area contributed by atoms with E-state index in [4.69, 9.17) is 11.6 Å². The summed E-state index contributed by atoms with van der Waals surface area (Å²) in [6.07, 6.45) is 3.25. The SMILES string of the molecule is Fc1ccccc1Cn1cnc2ccnc(Cl)c21. The summed E-state index contributed by atoms with van der Waals surface area (Å²) < 4.78 is 15.4. The molecular formula is C13H9ClFN3.